The van der Waals surface area contributed by atoms with Gasteiger partial charge in [-0.05, 0) is 31.4 Å². The average Bonchev–Trinajstić information content (AvgIpc) is 3.01. The fourth-order valence-corrected chi connectivity index (χ4v) is 4.09. The van der Waals surface area contributed by atoms with Crippen molar-refractivity contribution in [2.45, 2.75) is 38.1 Å². The minimum Gasteiger partial charge on any atom is -0.481 e. The number of carbonyl (C=O) groups is 2. The van der Waals surface area contributed by atoms with E-state index in [1.54, 1.807) is 16.2 Å². The number of benzene rings is 1. The minimum absolute atomic E-state index is 0.0267. The monoisotopic (exact) mass is 362 g/mol. The minimum atomic E-state index is -0.899. The van der Waals surface area contributed by atoms with Crippen LogP contribution < -0.4 is 0 Å². The van der Waals surface area contributed by atoms with Gasteiger partial charge in [-0.1, -0.05) is 12.1 Å². The van der Waals surface area contributed by atoms with Gasteiger partial charge in [-0.2, -0.15) is 0 Å². The third-order valence-corrected chi connectivity index (χ3v) is 5.42. The number of aliphatic carboxylic acids is 1. The number of aryl methyl sites for hydroxylation is 1. The molecule has 0 saturated carbocycles. The molecule has 0 radical (unpaired) electrons. The van der Waals surface area contributed by atoms with Crippen LogP contribution in [0, 0.1) is 0 Å². The van der Waals surface area contributed by atoms with Crippen molar-refractivity contribution in [2.75, 3.05) is 19.8 Å². The summed E-state index contributed by atoms with van der Waals surface area (Å²) in [5, 5.41) is 10.1. The van der Waals surface area contributed by atoms with Gasteiger partial charge in [0.25, 0.3) is 0 Å². The maximum absolute atomic E-state index is 12.4. The Kier molecular flexibility index (Phi) is 5.99. The Morgan fingerprint density at radius 2 is 2.16 bits per heavy atom. The van der Waals surface area contributed by atoms with E-state index in [9.17, 15) is 9.59 Å². The van der Waals surface area contributed by atoms with E-state index in [1.807, 2.05) is 18.2 Å². The van der Waals surface area contributed by atoms with Gasteiger partial charge in [-0.3, -0.25) is 9.59 Å². The number of carbonyl (C=O) groups excluding carboxylic acids is 1. The molecule has 1 fully saturated rings. The molecule has 0 spiro atoms. The second-order valence-corrected chi connectivity index (χ2v) is 7.31. The first-order valence-corrected chi connectivity index (χ1v) is 9.38. The molecule has 1 aromatic carbocycles. The van der Waals surface area contributed by atoms with Crippen molar-refractivity contribution in [2.24, 2.45) is 0 Å². The zero-order valence-electron chi connectivity index (χ0n) is 14.0. The van der Waals surface area contributed by atoms with Crippen molar-refractivity contribution in [3.63, 3.8) is 0 Å². The van der Waals surface area contributed by atoms with Crippen molar-refractivity contribution < 1.29 is 19.4 Å². The van der Waals surface area contributed by atoms with E-state index < -0.39 is 5.97 Å². The van der Waals surface area contributed by atoms with Gasteiger partial charge in [0.1, 0.15) is 0 Å². The molecule has 1 unspecified atom stereocenters. The zero-order chi connectivity index (χ0) is 17.6. The molecule has 1 amide bonds. The molecular weight excluding hydrogens is 340 g/mol. The molecule has 134 valence electrons. The van der Waals surface area contributed by atoms with E-state index in [4.69, 9.17) is 9.84 Å². The van der Waals surface area contributed by atoms with E-state index in [1.165, 1.54) is 4.70 Å². The number of ether oxygens (including phenoxy) is 1. The molecular formula is C18H22N2O4S. The van der Waals surface area contributed by atoms with Gasteiger partial charge >= 0.3 is 5.97 Å². The molecule has 2 heterocycles. The summed E-state index contributed by atoms with van der Waals surface area (Å²) in [4.78, 5) is 29.6. The number of hydrogen-bond acceptors (Lipinski definition) is 5. The van der Waals surface area contributed by atoms with E-state index in [-0.39, 0.29) is 18.4 Å². The van der Waals surface area contributed by atoms with Crippen molar-refractivity contribution in [3.05, 3.63) is 29.3 Å². The van der Waals surface area contributed by atoms with Crippen LogP contribution in [0.1, 0.15) is 30.7 Å². The summed E-state index contributed by atoms with van der Waals surface area (Å²) in [6.45, 7) is 1.27. The lowest BCUT2D eigenvalue weighted by Crippen LogP contribution is -2.49. The van der Waals surface area contributed by atoms with Crippen molar-refractivity contribution in [1.82, 2.24) is 9.88 Å². The number of hydrogen-bond donors (Lipinski definition) is 1. The number of aromatic nitrogens is 1. The van der Waals surface area contributed by atoms with Gasteiger partial charge < -0.3 is 14.7 Å². The van der Waals surface area contributed by atoms with Gasteiger partial charge in [0.15, 0.2) is 0 Å². The molecule has 1 N–H and O–H groups in total. The number of nitrogens with zero attached hydrogens (tertiary/aromatic N) is 2. The number of thiazole rings is 1. The predicted octanol–water partition coefficient (Wildman–Crippen LogP) is 2.71. The van der Waals surface area contributed by atoms with E-state index in [0.29, 0.717) is 26.2 Å². The topological polar surface area (TPSA) is 79.7 Å². The number of para-hydroxylation sites is 1. The summed E-state index contributed by atoms with van der Waals surface area (Å²) < 4.78 is 6.50. The molecule has 0 bridgehead atoms. The largest absolute Gasteiger partial charge is 0.481 e. The number of fused-ring (bicyclic) bond motifs is 1. The fourth-order valence-electron chi connectivity index (χ4n) is 3.08. The van der Waals surface area contributed by atoms with Crippen LogP contribution in [0.25, 0.3) is 10.2 Å². The van der Waals surface area contributed by atoms with Gasteiger partial charge in [0, 0.05) is 13.0 Å². The number of rotatable bonds is 7. The SMILES string of the molecule is O=C(O)CC1COCCN1C(=O)CCCCc1nc2ccccc2s1. The first-order chi connectivity index (χ1) is 12.1. The van der Waals surface area contributed by atoms with Crippen LogP contribution in [0.2, 0.25) is 0 Å². The average molecular weight is 362 g/mol. The lowest BCUT2D eigenvalue weighted by Gasteiger charge is -2.35. The molecule has 25 heavy (non-hydrogen) atoms. The Balaban J connectivity index is 1.45. The Labute approximate surface area is 150 Å². The molecule has 1 saturated heterocycles. The molecule has 3 rings (SSSR count). The molecule has 6 nitrogen and oxygen atoms in total. The Morgan fingerprint density at radius 1 is 1.32 bits per heavy atom. The summed E-state index contributed by atoms with van der Waals surface area (Å²) in [6, 6.07) is 7.74. The highest BCUT2D eigenvalue weighted by Crippen LogP contribution is 2.23. The Hall–Kier alpha value is -1.99. The van der Waals surface area contributed by atoms with Crippen LogP contribution in [-0.2, 0) is 20.7 Å². The normalized spacial score (nSPS) is 17.8. The summed E-state index contributed by atoms with van der Waals surface area (Å²) in [6.07, 6.45) is 2.94. The number of amides is 1. The number of unbranched alkanes of at least 4 members (excludes halogenated alkanes) is 1. The molecule has 0 aliphatic carbocycles. The third kappa shape index (κ3) is 4.76. The van der Waals surface area contributed by atoms with Crippen LogP contribution in [-0.4, -0.2) is 52.7 Å². The lowest BCUT2D eigenvalue weighted by atomic mass is 10.1. The molecule has 1 atom stereocenters. The maximum atomic E-state index is 12.4. The molecule has 2 aromatic rings. The molecule has 1 aliphatic rings. The predicted molar refractivity (Wildman–Crippen MR) is 95.7 cm³/mol. The van der Waals surface area contributed by atoms with Crippen molar-refractivity contribution in [1.29, 1.82) is 0 Å². The van der Waals surface area contributed by atoms with E-state index in [0.717, 1.165) is 29.8 Å². The van der Waals surface area contributed by atoms with Gasteiger partial charge in [0.2, 0.25) is 5.91 Å². The summed E-state index contributed by atoms with van der Waals surface area (Å²) in [5.41, 5.74) is 1.03. The summed E-state index contributed by atoms with van der Waals surface area (Å²) in [7, 11) is 0. The van der Waals surface area contributed by atoms with Gasteiger partial charge in [-0.15, -0.1) is 11.3 Å². The van der Waals surface area contributed by atoms with Crippen molar-refractivity contribution >= 4 is 33.4 Å². The number of morpholine rings is 1. The molecule has 1 aromatic heterocycles. The lowest BCUT2D eigenvalue weighted by molar-refractivity contribution is -0.146. The first-order valence-electron chi connectivity index (χ1n) is 8.57. The molecule has 1 aliphatic heterocycles. The summed E-state index contributed by atoms with van der Waals surface area (Å²) in [5.74, 6) is -0.872. The standard InChI is InChI=1S/C18H22N2O4S/c21-17(20-9-10-24-12-13(20)11-18(22)23)8-4-3-7-16-19-14-5-1-2-6-15(14)25-16/h1-2,5-6,13H,3-4,7-12H2,(H,22,23). The zero-order valence-corrected chi connectivity index (χ0v) is 14.8. The van der Waals surface area contributed by atoms with E-state index >= 15 is 0 Å². The Bertz CT molecular complexity index is 713. The highest BCUT2D eigenvalue weighted by atomic mass is 32.1. The summed E-state index contributed by atoms with van der Waals surface area (Å²) >= 11 is 1.70. The third-order valence-electron chi connectivity index (χ3n) is 4.33. The number of carboxylic acid groups (broad SMARTS) is 1. The second kappa shape index (κ2) is 8.40. The molecule has 7 heteroatoms. The van der Waals surface area contributed by atoms with Crippen LogP contribution in [0.5, 0.6) is 0 Å². The Morgan fingerprint density at radius 3 is 2.96 bits per heavy atom. The highest BCUT2D eigenvalue weighted by molar-refractivity contribution is 7.18. The van der Waals surface area contributed by atoms with Gasteiger partial charge in [-0.25, -0.2) is 4.98 Å². The van der Waals surface area contributed by atoms with Crippen LogP contribution in [0.4, 0.5) is 0 Å². The van der Waals surface area contributed by atoms with Crippen LogP contribution in [0.3, 0.4) is 0 Å². The maximum Gasteiger partial charge on any atom is 0.305 e. The van der Waals surface area contributed by atoms with Crippen molar-refractivity contribution in [3.8, 4) is 0 Å². The van der Waals surface area contributed by atoms with Crippen LogP contribution >= 0.6 is 11.3 Å². The smallest absolute Gasteiger partial charge is 0.305 e. The highest BCUT2D eigenvalue weighted by Gasteiger charge is 2.28. The second-order valence-electron chi connectivity index (χ2n) is 6.20. The quantitative estimate of drug-likeness (QED) is 0.766. The van der Waals surface area contributed by atoms with Gasteiger partial charge in [0.05, 0.1) is 40.9 Å². The number of carboxylic acids is 1. The fraction of sp³-hybridized carbons (Fsp3) is 0.500. The first kappa shape index (κ1) is 17.8. The van der Waals surface area contributed by atoms with E-state index in [2.05, 4.69) is 11.1 Å². The van der Waals surface area contributed by atoms with Crippen LogP contribution in [0.15, 0.2) is 24.3 Å².